The Kier molecular flexibility index (Phi) is 8.32. The number of hydrogen-bond donors (Lipinski definition) is 1. The first-order valence-corrected chi connectivity index (χ1v) is 12.9. The largest absolute Gasteiger partial charge is 0.462 e. The number of aryl methyl sites for hydroxylation is 1. The summed E-state index contributed by atoms with van der Waals surface area (Å²) in [6.07, 6.45) is 1.63. The number of amides is 1. The highest BCUT2D eigenvalue weighted by molar-refractivity contribution is 7.20. The van der Waals surface area contributed by atoms with Crippen molar-refractivity contribution in [3.63, 3.8) is 0 Å². The van der Waals surface area contributed by atoms with Crippen LogP contribution in [0.15, 0.2) is 65.7 Å². The van der Waals surface area contributed by atoms with Gasteiger partial charge in [-0.05, 0) is 49.6 Å². The summed E-state index contributed by atoms with van der Waals surface area (Å²) < 4.78 is 11.7. The van der Waals surface area contributed by atoms with Gasteiger partial charge in [0.25, 0.3) is 5.56 Å². The lowest BCUT2D eigenvalue weighted by atomic mass is 10.1. The number of esters is 2. The van der Waals surface area contributed by atoms with E-state index in [4.69, 9.17) is 9.47 Å². The van der Waals surface area contributed by atoms with Crippen molar-refractivity contribution in [3.05, 3.63) is 92.8 Å². The Balaban J connectivity index is 1.57. The van der Waals surface area contributed by atoms with Crippen molar-refractivity contribution in [2.24, 2.45) is 0 Å². The van der Waals surface area contributed by atoms with Crippen LogP contribution in [0.4, 0.5) is 5.69 Å². The second-order valence-corrected chi connectivity index (χ2v) is 9.47. The van der Waals surface area contributed by atoms with Crippen LogP contribution in [0.1, 0.15) is 57.5 Å². The van der Waals surface area contributed by atoms with E-state index in [0.29, 0.717) is 32.9 Å². The Hall–Kier alpha value is -4.31. The van der Waals surface area contributed by atoms with Gasteiger partial charge in [0.15, 0.2) is 0 Å². The van der Waals surface area contributed by atoms with Crippen LogP contribution >= 0.6 is 11.3 Å². The van der Waals surface area contributed by atoms with Gasteiger partial charge in [-0.15, -0.1) is 11.3 Å². The Morgan fingerprint density at radius 2 is 1.79 bits per heavy atom. The van der Waals surface area contributed by atoms with Gasteiger partial charge in [0.1, 0.15) is 22.4 Å². The second kappa shape index (κ2) is 11.8. The molecule has 38 heavy (non-hydrogen) atoms. The fourth-order valence-corrected chi connectivity index (χ4v) is 5.05. The van der Waals surface area contributed by atoms with Gasteiger partial charge in [-0.3, -0.25) is 14.2 Å². The molecule has 0 aliphatic carbocycles. The molecule has 9 nitrogen and oxygen atoms in total. The van der Waals surface area contributed by atoms with Crippen molar-refractivity contribution in [3.8, 4) is 0 Å². The molecule has 0 saturated carbocycles. The van der Waals surface area contributed by atoms with Crippen LogP contribution in [-0.2, 0) is 20.9 Å². The Morgan fingerprint density at radius 1 is 1.03 bits per heavy atom. The molecule has 0 saturated heterocycles. The molecule has 0 aliphatic rings. The molecular formula is C28H27N3O6S. The number of carbonyl (C=O) groups is 3. The lowest BCUT2D eigenvalue weighted by Crippen LogP contribution is -2.33. The fraction of sp³-hybridized carbons (Fsp3) is 0.250. The normalized spacial score (nSPS) is 11.7. The zero-order valence-corrected chi connectivity index (χ0v) is 22.0. The molecule has 0 fully saturated rings. The van der Waals surface area contributed by atoms with Gasteiger partial charge in [0.2, 0.25) is 5.91 Å². The molecule has 0 spiro atoms. The summed E-state index contributed by atoms with van der Waals surface area (Å²) >= 11 is 1.09. The maximum atomic E-state index is 13.5. The summed E-state index contributed by atoms with van der Waals surface area (Å²) in [6.45, 7) is 5.51. The summed E-state index contributed by atoms with van der Waals surface area (Å²) in [5, 5.41) is 3.05. The van der Waals surface area contributed by atoms with Crippen LogP contribution < -0.4 is 10.9 Å². The quantitative estimate of drug-likeness (QED) is 0.305. The molecule has 2 aromatic heterocycles. The predicted molar refractivity (Wildman–Crippen MR) is 145 cm³/mol. The SMILES string of the molecule is CCOC(=O)c1cccc(NC(=O)C(CC)n2cnc3sc(C(=O)OCc4ccccc4)c(C)c3c2=O)c1. The van der Waals surface area contributed by atoms with E-state index in [1.54, 1.807) is 39.0 Å². The highest BCUT2D eigenvalue weighted by atomic mass is 32.1. The third-order valence-corrected chi connectivity index (χ3v) is 7.12. The number of thiophene rings is 1. The number of aromatic nitrogens is 2. The molecule has 2 aromatic carbocycles. The average Bonchev–Trinajstić information content (AvgIpc) is 3.27. The van der Waals surface area contributed by atoms with Crippen LogP contribution in [0, 0.1) is 6.92 Å². The van der Waals surface area contributed by atoms with Crippen molar-refractivity contribution in [1.82, 2.24) is 9.55 Å². The van der Waals surface area contributed by atoms with Gasteiger partial charge in [0.05, 0.1) is 23.9 Å². The molecule has 196 valence electrons. The van der Waals surface area contributed by atoms with E-state index in [-0.39, 0.29) is 18.6 Å². The van der Waals surface area contributed by atoms with Crippen molar-refractivity contribution < 1.29 is 23.9 Å². The summed E-state index contributed by atoms with van der Waals surface area (Å²) in [5.41, 5.74) is 1.60. The van der Waals surface area contributed by atoms with E-state index in [1.807, 2.05) is 30.3 Å². The highest BCUT2D eigenvalue weighted by Gasteiger charge is 2.25. The minimum Gasteiger partial charge on any atom is -0.462 e. The van der Waals surface area contributed by atoms with Crippen LogP contribution in [0.2, 0.25) is 0 Å². The number of ether oxygens (including phenoxy) is 2. The second-order valence-electron chi connectivity index (χ2n) is 8.47. The number of benzene rings is 2. The lowest BCUT2D eigenvalue weighted by Gasteiger charge is -2.18. The van der Waals surface area contributed by atoms with Crippen LogP contribution in [0.5, 0.6) is 0 Å². The summed E-state index contributed by atoms with van der Waals surface area (Å²) in [6, 6.07) is 14.8. The van der Waals surface area contributed by atoms with E-state index < -0.39 is 29.4 Å². The molecule has 1 atom stereocenters. The van der Waals surface area contributed by atoms with Crippen LogP contribution in [0.3, 0.4) is 0 Å². The Labute approximate surface area is 223 Å². The molecular weight excluding hydrogens is 506 g/mol. The minimum atomic E-state index is -0.863. The molecule has 4 aromatic rings. The Bertz CT molecular complexity index is 1540. The molecule has 0 bridgehead atoms. The first kappa shape index (κ1) is 26.7. The summed E-state index contributed by atoms with van der Waals surface area (Å²) in [7, 11) is 0. The first-order chi connectivity index (χ1) is 18.3. The summed E-state index contributed by atoms with van der Waals surface area (Å²) in [5.74, 6) is -1.47. The van der Waals surface area contributed by atoms with Crippen molar-refractivity contribution >= 4 is 45.1 Å². The topological polar surface area (TPSA) is 117 Å². The molecule has 1 unspecified atom stereocenters. The van der Waals surface area contributed by atoms with E-state index in [2.05, 4.69) is 10.3 Å². The number of carbonyl (C=O) groups excluding carboxylic acids is 3. The molecule has 4 rings (SSSR count). The molecule has 0 radical (unpaired) electrons. The van der Waals surface area contributed by atoms with E-state index >= 15 is 0 Å². The maximum absolute atomic E-state index is 13.5. The zero-order valence-electron chi connectivity index (χ0n) is 21.2. The van der Waals surface area contributed by atoms with Gasteiger partial charge in [-0.2, -0.15) is 0 Å². The Morgan fingerprint density at radius 3 is 2.50 bits per heavy atom. The minimum absolute atomic E-state index is 0.112. The number of hydrogen-bond acceptors (Lipinski definition) is 8. The van der Waals surface area contributed by atoms with Crippen LogP contribution in [0.25, 0.3) is 10.2 Å². The first-order valence-electron chi connectivity index (χ1n) is 12.1. The van der Waals surface area contributed by atoms with E-state index in [9.17, 15) is 19.2 Å². The van der Waals surface area contributed by atoms with Gasteiger partial charge >= 0.3 is 11.9 Å². The molecule has 0 aliphatic heterocycles. The molecule has 10 heteroatoms. The zero-order chi connectivity index (χ0) is 27.2. The number of nitrogens with one attached hydrogen (secondary N) is 1. The van der Waals surface area contributed by atoms with Crippen molar-refractivity contribution in [2.45, 2.75) is 39.8 Å². The smallest absolute Gasteiger partial charge is 0.349 e. The van der Waals surface area contributed by atoms with Crippen LogP contribution in [-0.4, -0.2) is 34.0 Å². The number of rotatable bonds is 9. The van der Waals surface area contributed by atoms with E-state index in [1.165, 1.54) is 17.0 Å². The van der Waals surface area contributed by atoms with Crippen molar-refractivity contribution in [2.75, 3.05) is 11.9 Å². The number of fused-ring (bicyclic) bond motifs is 1. The molecule has 1 amide bonds. The van der Waals surface area contributed by atoms with Gasteiger partial charge < -0.3 is 14.8 Å². The highest BCUT2D eigenvalue weighted by Crippen LogP contribution is 2.28. The third-order valence-electron chi connectivity index (χ3n) is 5.94. The number of anilines is 1. The average molecular weight is 534 g/mol. The standard InChI is InChI=1S/C28H27N3O6S/c1-4-21(24(32)30-20-13-9-12-19(14-20)27(34)36-5-2)31-16-29-25-22(26(31)33)17(3)23(38-25)28(35)37-15-18-10-7-6-8-11-18/h6-14,16,21H,4-5,15H2,1-3H3,(H,30,32). The van der Waals surface area contributed by atoms with Gasteiger partial charge in [0, 0.05) is 5.69 Å². The molecule has 1 N–H and O–H groups in total. The summed E-state index contributed by atoms with van der Waals surface area (Å²) in [4.78, 5) is 56.5. The third kappa shape index (κ3) is 5.65. The number of nitrogens with zero attached hydrogens (tertiary/aromatic N) is 2. The van der Waals surface area contributed by atoms with Crippen molar-refractivity contribution in [1.29, 1.82) is 0 Å². The lowest BCUT2D eigenvalue weighted by molar-refractivity contribution is -0.119. The van der Waals surface area contributed by atoms with Gasteiger partial charge in [-0.1, -0.05) is 43.3 Å². The monoisotopic (exact) mass is 533 g/mol. The van der Waals surface area contributed by atoms with E-state index in [0.717, 1.165) is 16.9 Å². The maximum Gasteiger partial charge on any atom is 0.349 e. The molecule has 2 heterocycles. The fourth-order valence-electron chi connectivity index (χ4n) is 4.01. The van der Waals surface area contributed by atoms with Gasteiger partial charge in [-0.25, -0.2) is 14.6 Å². The predicted octanol–water partition coefficient (Wildman–Crippen LogP) is 4.89.